The molecule has 0 bridgehead atoms. The summed E-state index contributed by atoms with van der Waals surface area (Å²) in [6.07, 6.45) is 0. The van der Waals surface area contributed by atoms with Gasteiger partial charge in [0, 0.05) is 18.2 Å². The van der Waals surface area contributed by atoms with Gasteiger partial charge in [-0.15, -0.1) is 0 Å². The number of nitrogens with one attached hydrogen (secondary N) is 1. The second-order valence-electron chi connectivity index (χ2n) is 7.46. The van der Waals surface area contributed by atoms with E-state index in [-0.39, 0.29) is 22.8 Å². The van der Waals surface area contributed by atoms with Crippen LogP contribution in [-0.4, -0.2) is 18.5 Å². The molecule has 1 rings (SSSR count). The van der Waals surface area contributed by atoms with Crippen molar-refractivity contribution in [1.29, 1.82) is 0 Å². The van der Waals surface area contributed by atoms with Crippen molar-refractivity contribution in [3.63, 3.8) is 0 Å². The molecule has 0 saturated heterocycles. The predicted octanol–water partition coefficient (Wildman–Crippen LogP) is 3.09. The zero-order valence-corrected chi connectivity index (χ0v) is 13.6. The van der Waals surface area contributed by atoms with E-state index in [0.717, 1.165) is 0 Å². The molecule has 0 aliphatic heterocycles. The standard InChI is InChI=1S/C17H28N2O/c1-16(2,3)13-9-7-12(8-10-13)15(20)19-14(11-18)17(4,5)6/h7-10,14H,11,18H2,1-6H3,(H,19,20). The minimum absolute atomic E-state index is 0.0303. The number of amides is 1. The van der Waals surface area contributed by atoms with Gasteiger partial charge in [-0.05, 0) is 28.5 Å². The number of carbonyl (C=O) groups is 1. The number of hydrogen-bond acceptors (Lipinski definition) is 2. The Hall–Kier alpha value is -1.35. The van der Waals surface area contributed by atoms with Crippen molar-refractivity contribution in [2.45, 2.75) is 53.0 Å². The highest BCUT2D eigenvalue weighted by Gasteiger charge is 2.25. The van der Waals surface area contributed by atoms with Crippen molar-refractivity contribution in [2.24, 2.45) is 11.1 Å². The minimum atomic E-state index is -0.0594. The van der Waals surface area contributed by atoms with Gasteiger partial charge in [0.25, 0.3) is 5.91 Å². The third kappa shape index (κ3) is 4.34. The summed E-state index contributed by atoms with van der Waals surface area (Å²) < 4.78 is 0. The van der Waals surface area contributed by atoms with E-state index in [1.165, 1.54) is 5.56 Å². The summed E-state index contributed by atoms with van der Waals surface area (Å²) in [4.78, 5) is 12.3. The number of benzene rings is 1. The largest absolute Gasteiger partial charge is 0.348 e. The van der Waals surface area contributed by atoms with Gasteiger partial charge < -0.3 is 11.1 Å². The van der Waals surface area contributed by atoms with Crippen molar-refractivity contribution >= 4 is 5.91 Å². The zero-order chi connectivity index (χ0) is 15.6. The molecule has 0 aliphatic carbocycles. The Bertz CT molecular complexity index is 449. The van der Waals surface area contributed by atoms with E-state index in [9.17, 15) is 4.79 Å². The van der Waals surface area contributed by atoms with Crippen LogP contribution in [-0.2, 0) is 5.41 Å². The summed E-state index contributed by atoms with van der Waals surface area (Å²) in [5.74, 6) is -0.0594. The average Bonchev–Trinajstić information content (AvgIpc) is 2.33. The fourth-order valence-corrected chi connectivity index (χ4v) is 1.99. The van der Waals surface area contributed by atoms with Crippen LogP contribution >= 0.6 is 0 Å². The molecule has 1 aromatic carbocycles. The summed E-state index contributed by atoms with van der Waals surface area (Å²) in [6.45, 7) is 13.1. The molecule has 0 saturated carbocycles. The summed E-state index contributed by atoms with van der Waals surface area (Å²) in [5.41, 5.74) is 7.71. The van der Waals surface area contributed by atoms with Crippen molar-refractivity contribution in [1.82, 2.24) is 5.32 Å². The Balaban J connectivity index is 2.83. The first-order valence-electron chi connectivity index (χ1n) is 7.17. The van der Waals surface area contributed by atoms with E-state index >= 15 is 0 Å². The molecule has 1 amide bonds. The quantitative estimate of drug-likeness (QED) is 0.891. The molecule has 0 aromatic heterocycles. The average molecular weight is 276 g/mol. The first kappa shape index (κ1) is 16.7. The molecule has 3 heteroatoms. The summed E-state index contributed by atoms with van der Waals surface area (Å²) in [7, 11) is 0. The van der Waals surface area contributed by atoms with Crippen LogP contribution in [0.3, 0.4) is 0 Å². The van der Waals surface area contributed by atoms with Crippen LogP contribution in [0.2, 0.25) is 0 Å². The van der Waals surface area contributed by atoms with Crippen LogP contribution in [0, 0.1) is 5.41 Å². The summed E-state index contributed by atoms with van der Waals surface area (Å²) in [5, 5.41) is 3.02. The Morgan fingerprint density at radius 3 is 1.95 bits per heavy atom. The van der Waals surface area contributed by atoms with Gasteiger partial charge in [-0.3, -0.25) is 4.79 Å². The van der Waals surface area contributed by atoms with Crippen molar-refractivity contribution in [2.75, 3.05) is 6.54 Å². The first-order chi connectivity index (χ1) is 9.05. The molecule has 20 heavy (non-hydrogen) atoms. The molecule has 1 aromatic rings. The van der Waals surface area contributed by atoms with Gasteiger partial charge in [0.15, 0.2) is 0 Å². The van der Waals surface area contributed by atoms with Gasteiger partial charge in [0.1, 0.15) is 0 Å². The Kier molecular flexibility index (Phi) is 4.98. The lowest BCUT2D eigenvalue weighted by Gasteiger charge is -2.30. The van der Waals surface area contributed by atoms with Gasteiger partial charge in [0.2, 0.25) is 0 Å². The SMILES string of the molecule is CC(C)(C)c1ccc(C(=O)NC(CN)C(C)(C)C)cc1. The molecule has 112 valence electrons. The normalized spacial score (nSPS) is 13.9. The highest BCUT2D eigenvalue weighted by atomic mass is 16.1. The highest BCUT2D eigenvalue weighted by Crippen LogP contribution is 2.23. The predicted molar refractivity (Wildman–Crippen MR) is 84.9 cm³/mol. The maximum atomic E-state index is 12.3. The molecule has 0 fully saturated rings. The number of hydrogen-bond donors (Lipinski definition) is 2. The van der Waals surface area contributed by atoms with Crippen molar-refractivity contribution < 1.29 is 4.79 Å². The van der Waals surface area contributed by atoms with Crippen molar-refractivity contribution in [3.8, 4) is 0 Å². The minimum Gasteiger partial charge on any atom is -0.348 e. The molecule has 0 spiro atoms. The number of rotatable bonds is 3. The second-order valence-corrected chi connectivity index (χ2v) is 7.46. The summed E-state index contributed by atoms with van der Waals surface area (Å²) >= 11 is 0. The third-order valence-corrected chi connectivity index (χ3v) is 3.60. The van der Waals surface area contributed by atoms with E-state index in [2.05, 4.69) is 46.9 Å². The lowest BCUT2D eigenvalue weighted by molar-refractivity contribution is 0.0905. The van der Waals surface area contributed by atoms with Gasteiger partial charge >= 0.3 is 0 Å². The Labute approximate surface area is 122 Å². The lowest BCUT2D eigenvalue weighted by Crippen LogP contribution is -2.48. The molecule has 0 radical (unpaired) electrons. The fraction of sp³-hybridized carbons (Fsp3) is 0.588. The molecule has 3 N–H and O–H groups in total. The second kappa shape index (κ2) is 5.96. The van der Waals surface area contributed by atoms with E-state index in [1.807, 2.05) is 24.3 Å². The smallest absolute Gasteiger partial charge is 0.251 e. The Morgan fingerprint density at radius 2 is 1.60 bits per heavy atom. The number of nitrogens with two attached hydrogens (primary N) is 1. The van der Waals surface area contributed by atoms with E-state index in [0.29, 0.717) is 12.1 Å². The van der Waals surface area contributed by atoms with Crippen LogP contribution in [0.4, 0.5) is 0 Å². The van der Waals surface area contributed by atoms with Crippen LogP contribution in [0.25, 0.3) is 0 Å². The monoisotopic (exact) mass is 276 g/mol. The van der Waals surface area contributed by atoms with Crippen molar-refractivity contribution in [3.05, 3.63) is 35.4 Å². The summed E-state index contributed by atoms with van der Waals surface area (Å²) in [6, 6.07) is 7.77. The van der Waals surface area contributed by atoms with E-state index < -0.39 is 0 Å². The fourth-order valence-electron chi connectivity index (χ4n) is 1.99. The first-order valence-corrected chi connectivity index (χ1v) is 7.17. The molecular weight excluding hydrogens is 248 g/mol. The van der Waals surface area contributed by atoms with Gasteiger partial charge in [-0.25, -0.2) is 0 Å². The molecular formula is C17H28N2O. The van der Waals surface area contributed by atoms with Gasteiger partial charge in [-0.2, -0.15) is 0 Å². The zero-order valence-electron chi connectivity index (χ0n) is 13.6. The molecule has 0 aliphatic rings. The van der Waals surface area contributed by atoms with Gasteiger partial charge in [-0.1, -0.05) is 53.7 Å². The van der Waals surface area contributed by atoms with Crippen LogP contribution < -0.4 is 11.1 Å². The molecule has 0 heterocycles. The number of carbonyl (C=O) groups excluding carboxylic acids is 1. The topological polar surface area (TPSA) is 55.1 Å². The van der Waals surface area contributed by atoms with Crippen LogP contribution in [0.1, 0.15) is 57.5 Å². The third-order valence-electron chi connectivity index (χ3n) is 3.60. The maximum absolute atomic E-state index is 12.3. The lowest BCUT2D eigenvalue weighted by atomic mass is 9.86. The van der Waals surface area contributed by atoms with Crippen LogP contribution in [0.15, 0.2) is 24.3 Å². The maximum Gasteiger partial charge on any atom is 0.251 e. The highest BCUT2D eigenvalue weighted by molar-refractivity contribution is 5.94. The Morgan fingerprint density at radius 1 is 1.10 bits per heavy atom. The van der Waals surface area contributed by atoms with Gasteiger partial charge in [0.05, 0.1) is 0 Å². The van der Waals surface area contributed by atoms with E-state index in [4.69, 9.17) is 5.73 Å². The molecule has 1 atom stereocenters. The van der Waals surface area contributed by atoms with Crippen LogP contribution in [0.5, 0.6) is 0 Å². The molecule has 3 nitrogen and oxygen atoms in total. The molecule has 1 unspecified atom stereocenters. The van der Waals surface area contributed by atoms with E-state index in [1.54, 1.807) is 0 Å².